The van der Waals surface area contributed by atoms with Crippen molar-refractivity contribution >= 4 is 33.9 Å². The molecule has 0 spiro atoms. The maximum absolute atomic E-state index is 13.5. The number of morpholine rings is 1. The lowest BCUT2D eigenvalue weighted by Crippen LogP contribution is -2.45. The molecule has 0 radical (unpaired) electrons. The van der Waals surface area contributed by atoms with Crippen LogP contribution >= 0.6 is 11.3 Å². The molecule has 42 heavy (non-hydrogen) atoms. The topological polar surface area (TPSA) is 116 Å². The average Bonchev–Trinajstić information content (AvgIpc) is 3.78. The number of imidazole rings is 1. The van der Waals surface area contributed by atoms with Gasteiger partial charge in [-0.2, -0.15) is 5.26 Å². The molecule has 0 unspecified atom stereocenters. The van der Waals surface area contributed by atoms with Crippen molar-refractivity contribution in [3.8, 4) is 6.07 Å². The molecular formula is C31H31N7O3S. The molecule has 1 aliphatic carbocycles. The number of likely N-dealkylation sites (tertiary alicyclic amines) is 1. The minimum atomic E-state index is -0.197. The van der Waals surface area contributed by atoms with Gasteiger partial charge < -0.3 is 14.0 Å². The average molecular weight is 582 g/mol. The highest BCUT2D eigenvalue weighted by molar-refractivity contribution is 7.15. The smallest absolute Gasteiger partial charge is 0.274 e. The number of ether oxygens (including phenoxy) is 1. The van der Waals surface area contributed by atoms with Gasteiger partial charge >= 0.3 is 0 Å². The van der Waals surface area contributed by atoms with Crippen LogP contribution in [-0.2, 0) is 17.6 Å². The fourth-order valence-electron chi connectivity index (χ4n) is 6.38. The van der Waals surface area contributed by atoms with Crippen LogP contribution in [0.15, 0.2) is 48.8 Å². The number of rotatable bonds is 5. The summed E-state index contributed by atoms with van der Waals surface area (Å²) in [7, 11) is 0. The molecule has 2 atom stereocenters. The number of amides is 2. The van der Waals surface area contributed by atoms with Gasteiger partial charge in [0.2, 0.25) is 0 Å². The number of aryl methyl sites for hydroxylation is 1. The Hall–Kier alpha value is -4.11. The molecular weight excluding hydrogens is 550 g/mol. The number of hydrogen-bond donors (Lipinski definition) is 1. The van der Waals surface area contributed by atoms with Gasteiger partial charge in [-0.05, 0) is 61.9 Å². The zero-order valence-corrected chi connectivity index (χ0v) is 24.0. The maximum Gasteiger partial charge on any atom is 0.274 e. The van der Waals surface area contributed by atoms with Gasteiger partial charge in [0.15, 0.2) is 5.13 Å². The van der Waals surface area contributed by atoms with Crippen LogP contribution in [0.1, 0.15) is 67.8 Å². The minimum Gasteiger partial charge on any atom is -0.379 e. The first-order chi connectivity index (χ1) is 20.6. The van der Waals surface area contributed by atoms with E-state index in [9.17, 15) is 14.9 Å². The van der Waals surface area contributed by atoms with Crippen LogP contribution in [0.4, 0.5) is 5.13 Å². The molecule has 11 heteroatoms. The SMILES string of the molecule is N#Cc1ccn2cc(C(=O)N3CCC[C@@H]3c3cccc(C(=O)Nc4nc5c(s4)C[C@@H](N4CCOCC4)CC5)c3)nc2c1. The molecule has 3 aromatic heterocycles. The molecule has 10 nitrogen and oxygen atoms in total. The molecule has 2 saturated heterocycles. The van der Waals surface area contributed by atoms with Gasteiger partial charge in [-0.15, -0.1) is 11.3 Å². The quantitative estimate of drug-likeness (QED) is 0.378. The van der Waals surface area contributed by atoms with Gasteiger partial charge in [0.25, 0.3) is 11.8 Å². The number of nitrogens with one attached hydrogen (secondary N) is 1. The summed E-state index contributed by atoms with van der Waals surface area (Å²) in [6.45, 7) is 4.16. The van der Waals surface area contributed by atoms with E-state index in [1.54, 1.807) is 46.3 Å². The molecule has 1 aromatic carbocycles. The zero-order chi connectivity index (χ0) is 28.6. The van der Waals surface area contributed by atoms with Crippen LogP contribution in [-0.4, -0.2) is 74.9 Å². The largest absolute Gasteiger partial charge is 0.379 e. The van der Waals surface area contributed by atoms with Gasteiger partial charge in [0.05, 0.1) is 36.6 Å². The predicted octanol–water partition coefficient (Wildman–Crippen LogP) is 4.08. The Morgan fingerprint density at radius 3 is 2.83 bits per heavy atom. The van der Waals surface area contributed by atoms with Crippen molar-refractivity contribution in [2.45, 2.75) is 44.2 Å². The number of thiazole rings is 1. The number of nitrogens with zero attached hydrogens (tertiary/aromatic N) is 6. The van der Waals surface area contributed by atoms with E-state index in [-0.39, 0.29) is 17.9 Å². The molecule has 5 heterocycles. The van der Waals surface area contributed by atoms with Gasteiger partial charge in [-0.1, -0.05) is 12.1 Å². The van der Waals surface area contributed by atoms with Crippen molar-refractivity contribution in [3.63, 3.8) is 0 Å². The Labute approximate surface area is 247 Å². The highest BCUT2D eigenvalue weighted by atomic mass is 32.1. The summed E-state index contributed by atoms with van der Waals surface area (Å²) in [6.07, 6.45) is 8.10. The van der Waals surface area contributed by atoms with Crippen LogP contribution in [0.3, 0.4) is 0 Å². The summed E-state index contributed by atoms with van der Waals surface area (Å²) in [5, 5.41) is 12.9. The minimum absolute atomic E-state index is 0.144. The van der Waals surface area contributed by atoms with Crippen LogP contribution in [0, 0.1) is 11.3 Å². The van der Waals surface area contributed by atoms with Crippen LogP contribution in [0.25, 0.3) is 5.65 Å². The summed E-state index contributed by atoms with van der Waals surface area (Å²) in [5.41, 5.74) is 3.97. The van der Waals surface area contributed by atoms with Crippen molar-refractivity contribution in [2.24, 2.45) is 0 Å². The zero-order valence-electron chi connectivity index (χ0n) is 23.2. The van der Waals surface area contributed by atoms with Gasteiger partial charge in [0, 0.05) is 48.5 Å². The summed E-state index contributed by atoms with van der Waals surface area (Å²) < 4.78 is 7.27. The monoisotopic (exact) mass is 581 g/mol. The van der Waals surface area contributed by atoms with E-state index < -0.39 is 0 Å². The van der Waals surface area contributed by atoms with E-state index >= 15 is 0 Å². The number of nitriles is 1. The van der Waals surface area contributed by atoms with Gasteiger partial charge in [-0.3, -0.25) is 19.8 Å². The third kappa shape index (κ3) is 5.17. The van der Waals surface area contributed by atoms with E-state index in [4.69, 9.17) is 9.72 Å². The standard InChI is InChI=1S/C31H31N7O3S/c32-18-20-8-10-37-19-25(33-28(37)15-20)30(40)38-9-2-5-26(38)21-3-1-4-22(16-21)29(39)35-31-34-24-7-6-23(17-27(24)42-31)36-11-13-41-14-12-36/h1,3-4,8,10,15-16,19,23,26H,2,5-7,9,11-14,17H2,(H,34,35,39)/t23-,26+/m0/s1. The van der Waals surface area contributed by atoms with Crippen molar-refractivity contribution < 1.29 is 14.3 Å². The number of aromatic nitrogens is 3. The summed E-state index contributed by atoms with van der Waals surface area (Å²) in [6, 6.07) is 13.4. The van der Waals surface area contributed by atoms with Crippen molar-refractivity contribution in [2.75, 3.05) is 38.2 Å². The Kier molecular flexibility index (Phi) is 7.19. The van der Waals surface area contributed by atoms with E-state index in [1.165, 1.54) is 4.88 Å². The molecule has 1 N–H and O–H groups in total. The first-order valence-corrected chi connectivity index (χ1v) is 15.3. The number of pyridine rings is 1. The Balaban J connectivity index is 1.05. The second-order valence-electron chi connectivity index (χ2n) is 11.1. The first-order valence-electron chi connectivity index (χ1n) is 14.5. The third-order valence-electron chi connectivity index (χ3n) is 8.55. The molecule has 3 aliphatic rings. The lowest BCUT2D eigenvalue weighted by Gasteiger charge is -2.36. The summed E-state index contributed by atoms with van der Waals surface area (Å²) >= 11 is 1.58. The van der Waals surface area contributed by atoms with Crippen LogP contribution < -0.4 is 5.32 Å². The van der Waals surface area contributed by atoms with Crippen LogP contribution in [0.2, 0.25) is 0 Å². The number of benzene rings is 1. The first kappa shape index (κ1) is 26.8. The fourth-order valence-corrected chi connectivity index (χ4v) is 7.45. The molecule has 0 bridgehead atoms. The lowest BCUT2D eigenvalue weighted by molar-refractivity contribution is 0.0139. The van der Waals surface area contributed by atoms with E-state index in [1.807, 2.05) is 23.1 Å². The molecule has 0 saturated carbocycles. The van der Waals surface area contributed by atoms with Crippen LogP contribution in [0.5, 0.6) is 0 Å². The van der Waals surface area contributed by atoms with Gasteiger partial charge in [-0.25, -0.2) is 9.97 Å². The molecule has 7 rings (SSSR count). The van der Waals surface area contributed by atoms with Gasteiger partial charge in [0.1, 0.15) is 11.3 Å². The molecule has 214 valence electrons. The summed E-state index contributed by atoms with van der Waals surface area (Å²) in [5.74, 6) is -0.351. The number of carbonyl (C=O) groups is 2. The highest BCUT2D eigenvalue weighted by Crippen LogP contribution is 2.35. The normalized spacial score (nSPS) is 20.8. The third-order valence-corrected chi connectivity index (χ3v) is 9.59. The number of anilines is 1. The predicted molar refractivity (Wildman–Crippen MR) is 158 cm³/mol. The van der Waals surface area contributed by atoms with Crippen molar-refractivity contribution in [1.29, 1.82) is 5.26 Å². The summed E-state index contributed by atoms with van der Waals surface area (Å²) in [4.78, 5) is 41.7. The molecule has 2 amide bonds. The number of hydrogen-bond acceptors (Lipinski definition) is 8. The highest BCUT2D eigenvalue weighted by Gasteiger charge is 2.33. The van der Waals surface area contributed by atoms with Crippen molar-refractivity contribution in [3.05, 3.63) is 81.7 Å². The molecule has 2 fully saturated rings. The van der Waals surface area contributed by atoms with E-state index in [2.05, 4.69) is 21.3 Å². The molecule has 4 aromatic rings. The van der Waals surface area contributed by atoms with E-state index in [0.717, 1.165) is 69.7 Å². The Morgan fingerprint density at radius 1 is 1.10 bits per heavy atom. The number of carbonyl (C=O) groups excluding carboxylic acids is 2. The fraction of sp³-hybridized carbons (Fsp3) is 0.387. The maximum atomic E-state index is 13.5. The Bertz CT molecular complexity index is 1700. The lowest BCUT2D eigenvalue weighted by atomic mass is 9.96. The van der Waals surface area contributed by atoms with Crippen molar-refractivity contribution in [1.82, 2.24) is 24.2 Å². The van der Waals surface area contributed by atoms with E-state index in [0.29, 0.717) is 40.2 Å². The second kappa shape index (κ2) is 11.3. The Morgan fingerprint density at radius 2 is 1.98 bits per heavy atom. The molecule has 2 aliphatic heterocycles. The second-order valence-corrected chi connectivity index (χ2v) is 12.2. The number of fused-ring (bicyclic) bond motifs is 2.